The van der Waals surface area contributed by atoms with E-state index in [0.717, 1.165) is 32.9 Å². The fourth-order valence-corrected chi connectivity index (χ4v) is 4.25. The van der Waals surface area contributed by atoms with Crippen LogP contribution >= 0.6 is 22.9 Å². The van der Waals surface area contributed by atoms with Gasteiger partial charge in [-0.25, -0.2) is 9.50 Å². The van der Waals surface area contributed by atoms with Crippen LogP contribution in [0.25, 0.3) is 16.2 Å². The average molecular weight is 362 g/mol. The second kappa shape index (κ2) is 6.35. The summed E-state index contributed by atoms with van der Waals surface area (Å²) < 4.78 is 1.88. The Kier molecular flexibility index (Phi) is 4.20. The molecule has 1 saturated heterocycles. The van der Waals surface area contributed by atoms with Crippen LogP contribution in [-0.4, -0.2) is 52.7 Å². The average Bonchev–Trinajstić information content (AvgIpc) is 3.13. The summed E-state index contributed by atoms with van der Waals surface area (Å²) in [5.41, 5.74) is 1.98. The standard InChI is InChI=1S/C17H20ClN5S/c1-21-9-3-4-14(10-21)22(2)17-20-23-11-15(19-16(23)24-17)12-5-7-13(18)8-6-12/h5-8,11,14H,3-4,9-10H2,1-2H3. The molecule has 3 aromatic rings. The summed E-state index contributed by atoms with van der Waals surface area (Å²) in [7, 11) is 4.33. The molecule has 1 fully saturated rings. The third-order valence-electron chi connectivity index (χ3n) is 4.62. The molecule has 2 aromatic heterocycles. The molecule has 126 valence electrons. The van der Waals surface area contributed by atoms with Gasteiger partial charge in [-0.05, 0) is 38.6 Å². The van der Waals surface area contributed by atoms with Crippen molar-refractivity contribution in [3.05, 3.63) is 35.5 Å². The van der Waals surface area contributed by atoms with E-state index in [4.69, 9.17) is 21.7 Å². The number of piperidine rings is 1. The molecule has 1 aliphatic rings. The lowest BCUT2D eigenvalue weighted by molar-refractivity contribution is 0.248. The number of hydrogen-bond acceptors (Lipinski definition) is 5. The lowest BCUT2D eigenvalue weighted by atomic mass is 10.1. The Bertz CT molecular complexity index is 809. The first-order chi connectivity index (χ1) is 11.6. The summed E-state index contributed by atoms with van der Waals surface area (Å²) >= 11 is 7.59. The predicted molar refractivity (Wildman–Crippen MR) is 100 cm³/mol. The topological polar surface area (TPSA) is 36.7 Å². The molecule has 0 bridgehead atoms. The molecule has 0 N–H and O–H groups in total. The first-order valence-electron chi connectivity index (χ1n) is 8.14. The van der Waals surface area contributed by atoms with Gasteiger partial charge in [0, 0.05) is 30.2 Å². The number of aromatic nitrogens is 3. The van der Waals surface area contributed by atoms with Crippen molar-refractivity contribution >= 4 is 33.0 Å². The van der Waals surface area contributed by atoms with E-state index in [9.17, 15) is 0 Å². The maximum absolute atomic E-state index is 5.95. The quantitative estimate of drug-likeness (QED) is 0.713. The SMILES string of the molecule is CN1CCCC(N(C)c2nn3cc(-c4ccc(Cl)cc4)nc3s2)C1. The number of nitrogens with zero attached hydrogens (tertiary/aromatic N) is 5. The second-order valence-electron chi connectivity index (χ2n) is 6.41. The Morgan fingerprint density at radius 1 is 1.29 bits per heavy atom. The van der Waals surface area contributed by atoms with Gasteiger partial charge in [-0.2, -0.15) is 0 Å². The number of anilines is 1. The minimum absolute atomic E-state index is 0.523. The minimum atomic E-state index is 0.523. The summed E-state index contributed by atoms with van der Waals surface area (Å²) in [6, 6.07) is 8.27. The molecule has 5 nitrogen and oxygen atoms in total. The molecular weight excluding hydrogens is 342 g/mol. The van der Waals surface area contributed by atoms with Crippen molar-refractivity contribution in [1.29, 1.82) is 0 Å². The van der Waals surface area contributed by atoms with Crippen LogP contribution in [0.3, 0.4) is 0 Å². The molecule has 7 heteroatoms. The number of imidazole rings is 1. The van der Waals surface area contributed by atoms with Gasteiger partial charge in [0.25, 0.3) is 0 Å². The molecule has 0 radical (unpaired) electrons. The molecule has 0 saturated carbocycles. The van der Waals surface area contributed by atoms with Crippen LogP contribution in [0.4, 0.5) is 5.13 Å². The Morgan fingerprint density at radius 3 is 2.79 bits per heavy atom. The van der Waals surface area contributed by atoms with Gasteiger partial charge in [0.15, 0.2) is 0 Å². The van der Waals surface area contributed by atoms with Crippen molar-refractivity contribution in [3.63, 3.8) is 0 Å². The zero-order valence-electron chi connectivity index (χ0n) is 13.8. The third kappa shape index (κ3) is 3.01. The molecule has 1 atom stereocenters. The Hall–Kier alpha value is -1.63. The number of likely N-dealkylation sites (tertiary alicyclic amines) is 1. The second-order valence-corrected chi connectivity index (χ2v) is 7.78. The van der Waals surface area contributed by atoms with E-state index in [1.165, 1.54) is 19.4 Å². The van der Waals surface area contributed by atoms with Gasteiger partial charge in [-0.3, -0.25) is 0 Å². The van der Waals surface area contributed by atoms with Crippen molar-refractivity contribution < 1.29 is 0 Å². The van der Waals surface area contributed by atoms with Crippen molar-refractivity contribution in [2.75, 3.05) is 32.1 Å². The number of benzene rings is 1. The molecular formula is C17H20ClN5S. The first-order valence-corrected chi connectivity index (χ1v) is 9.33. The van der Waals surface area contributed by atoms with Crippen LogP contribution in [0, 0.1) is 0 Å². The fraction of sp³-hybridized carbons (Fsp3) is 0.412. The highest BCUT2D eigenvalue weighted by Gasteiger charge is 2.24. The van der Waals surface area contributed by atoms with Crippen LogP contribution in [0.2, 0.25) is 5.02 Å². The number of fused-ring (bicyclic) bond motifs is 1. The minimum Gasteiger partial charge on any atom is -0.345 e. The van der Waals surface area contributed by atoms with E-state index in [1.54, 1.807) is 11.3 Å². The monoisotopic (exact) mass is 361 g/mol. The molecule has 0 amide bonds. The Morgan fingerprint density at radius 2 is 2.08 bits per heavy atom. The third-order valence-corrected chi connectivity index (χ3v) is 5.89. The highest BCUT2D eigenvalue weighted by Crippen LogP contribution is 2.29. The highest BCUT2D eigenvalue weighted by atomic mass is 35.5. The van der Waals surface area contributed by atoms with E-state index >= 15 is 0 Å². The first kappa shape index (κ1) is 15.9. The maximum atomic E-state index is 5.95. The maximum Gasteiger partial charge on any atom is 0.214 e. The lowest BCUT2D eigenvalue weighted by Crippen LogP contribution is -2.45. The smallest absolute Gasteiger partial charge is 0.214 e. The van der Waals surface area contributed by atoms with Gasteiger partial charge in [0.1, 0.15) is 0 Å². The van der Waals surface area contributed by atoms with Gasteiger partial charge in [0.2, 0.25) is 10.1 Å². The normalized spacial score (nSPS) is 19.0. The van der Waals surface area contributed by atoms with E-state index in [2.05, 4.69) is 23.9 Å². The summed E-state index contributed by atoms with van der Waals surface area (Å²) in [6.45, 7) is 2.28. The lowest BCUT2D eigenvalue weighted by Gasteiger charge is -2.35. The van der Waals surface area contributed by atoms with Gasteiger partial charge in [-0.1, -0.05) is 35.1 Å². The van der Waals surface area contributed by atoms with E-state index in [1.807, 2.05) is 35.0 Å². The van der Waals surface area contributed by atoms with Crippen LogP contribution in [0.1, 0.15) is 12.8 Å². The summed E-state index contributed by atoms with van der Waals surface area (Å²) in [6.07, 6.45) is 4.45. The summed E-state index contributed by atoms with van der Waals surface area (Å²) in [4.78, 5) is 10.3. The summed E-state index contributed by atoms with van der Waals surface area (Å²) in [5, 5.41) is 6.49. The largest absolute Gasteiger partial charge is 0.345 e. The van der Waals surface area contributed by atoms with Crippen LogP contribution < -0.4 is 4.90 Å². The summed E-state index contributed by atoms with van der Waals surface area (Å²) in [5.74, 6) is 0. The van der Waals surface area contributed by atoms with E-state index < -0.39 is 0 Å². The Balaban J connectivity index is 1.58. The molecule has 1 unspecified atom stereocenters. The van der Waals surface area contributed by atoms with Crippen LogP contribution in [-0.2, 0) is 0 Å². The number of likely N-dealkylation sites (N-methyl/N-ethyl adjacent to an activating group) is 2. The number of halogens is 1. The van der Waals surface area contributed by atoms with Crippen molar-refractivity contribution in [1.82, 2.24) is 19.5 Å². The molecule has 3 heterocycles. The predicted octanol–water partition coefficient (Wildman–Crippen LogP) is 3.64. The van der Waals surface area contributed by atoms with Crippen molar-refractivity contribution in [2.24, 2.45) is 0 Å². The van der Waals surface area contributed by atoms with Crippen molar-refractivity contribution in [3.8, 4) is 11.3 Å². The molecule has 24 heavy (non-hydrogen) atoms. The molecule has 1 aliphatic heterocycles. The zero-order chi connectivity index (χ0) is 16.7. The molecule has 4 rings (SSSR count). The molecule has 0 spiro atoms. The van der Waals surface area contributed by atoms with Gasteiger partial charge in [-0.15, -0.1) is 5.10 Å². The fourth-order valence-electron chi connectivity index (χ4n) is 3.20. The van der Waals surface area contributed by atoms with E-state index in [-0.39, 0.29) is 0 Å². The molecule has 0 aliphatic carbocycles. The number of rotatable bonds is 3. The van der Waals surface area contributed by atoms with Gasteiger partial charge >= 0.3 is 0 Å². The van der Waals surface area contributed by atoms with Crippen LogP contribution in [0.15, 0.2) is 30.5 Å². The molecule has 1 aromatic carbocycles. The van der Waals surface area contributed by atoms with Crippen LogP contribution in [0.5, 0.6) is 0 Å². The van der Waals surface area contributed by atoms with Gasteiger partial charge < -0.3 is 9.80 Å². The zero-order valence-corrected chi connectivity index (χ0v) is 15.4. The van der Waals surface area contributed by atoms with Gasteiger partial charge in [0.05, 0.1) is 11.9 Å². The number of hydrogen-bond donors (Lipinski definition) is 0. The van der Waals surface area contributed by atoms with Crippen molar-refractivity contribution in [2.45, 2.75) is 18.9 Å². The Labute approximate surface area is 150 Å². The highest BCUT2D eigenvalue weighted by molar-refractivity contribution is 7.20. The van der Waals surface area contributed by atoms with E-state index in [0.29, 0.717) is 6.04 Å².